The zero-order chi connectivity index (χ0) is 25.4. The van der Waals surface area contributed by atoms with Crippen molar-refractivity contribution in [3.8, 4) is 22.5 Å². The molecule has 2 heterocycles. The first kappa shape index (κ1) is 23.2. The van der Waals surface area contributed by atoms with Gasteiger partial charge in [-0.05, 0) is 54.1 Å². The quantitative estimate of drug-likeness (QED) is 0.262. The lowest BCUT2D eigenvalue weighted by Crippen LogP contribution is -2.14. The highest BCUT2D eigenvalue weighted by Crippen LogP contribution is 2.33. The molecule has 0 atom stereocenters. The van der Waals surface area contributed by atoms with Gasteiger partial charge in [0.1, 0.15) is 11.6 Å². The Morgan fingerprint density at radius 1 is 0.889 bits per heavy atom. The minimum Gasteiger partial charge on any atom is -0.322 e. The fraction of sp³-hybridized carbons (Fsp3) is 0.0370. The number of hydrogen-bond donors (Lipinski definition) is 1. The number of nitrogens with one attached hydrogen (secondary N) is 1. The summed E-state index contributed by atoms with van der Waals surface area (Å²) in [4.78, 5) is 17.1. The van der Waals surface area contributed by atoms with Crippen molar-refractivity contribution in [3.05, 3.63) is 114 Å². The van der Waals surface area contributed by atoms with Crippen LogP contribution in [0.2, 0.25) is 0 Å². The number of carbonyl (C=O) groups excluding carboxylic acids is 1. The fourth-order valence-electron chi connectivity index (χ4n) is 3.98. The van der Waals surface area contributed by atoms with E-state index in [4.69, 9.17) is 0 Å². The van der Waals surface area contributed by atoms with Gasteiger partial charge in [0.15, 0.2) is 11.6 Å². The molecule has 5 aromatic rings. The number of amides is 1. The number of anilines is 1. The van der Waals surface area contributed by atoms with Crippen molar-refractivity contribution in [1.82, 2.24) is 9.38 Å². The molecule has 0 aliphatic carbocycles. The molecule has 1 N–H and O–H groups in total. The monoisotopic (exact) mass is 493 g/mol. The van der Waals surface area contributed by atoms with Crippen LogP contribution in [0, 0.1) is 17.5 Å². The lowest BCUT2D eigenvalue weighted by molar-refractivity contribution is 0.101. The Bertz CT molecular complexity index is 1600. The summed E-state index contributed by atoms with van der Waals surface area (Å²) in [5.41, 5.74) is 0.924. The van der Waals surface area contributed by atoms with E-state index in [1.54, 1.807) is 22.7 Å². The van der Waals surface area contributed by atoms with Crippen LogP contribution in [0.1, 0.15) is 22.3 Å². The van der Waals surface area contributed by atoms with Gasteiger partial charge in [0.2, 0.25) is 0 Å². The smallest absolute Gasteiger partial charge is 0.264 e. The number of pyridine rings is 1. The topological polar surface area (TPSA) is 46.4 Å². The van der Waals surface area contributed by atoms with Gasteiger partial charge in [-0.3, -0.25) is 9.20 Å². The Kier molecular flexibility index (Phi) is 5.97. The first-order valence-electron chi connectivity index (χ1n) is 10.7. The van der Waals surface area contributed by atoms with Crippen molar-refractivity contribution < 1.29 is 26.7 Å². The standard InChI is InChI=1S/C27H16F5N3O/c28-16-7-9-17(10-8-16)34-27(36)21-13-15(6-11-19(21)25(31)32)18-4-2-12-35-23(18)14-33-26(35)20-3-1-5-22(29)24(20)30/h1-14,25H,(H,34,36). The zero-order valence-corrected chi connectivity index (χ0v) is 18.4. The SMILES string of the molecule is O=C(Nc1ccc(F)cc1)c1cc(-c2cccn3c(-c4cccc(F)c4F)ncc23)ccc1C(F)F. The summed E-state index contributed by atoms with van der Waals surface area (Å²) in [7, 11) is 0. The molecule has 180 valence electrons. The maximum absolute atomic E-state index is 14.4. The predicted octanol–water partition coefficient (Wildman–Crippen LogP) is 7.28. The fourth-order valence-corrected chi connectivity index (χ4v) is 3.98. The molecule has 0 spiro atoms. The Morgan fingerprint density at radius 3 is 2.39 bits per heavy atom. The molecule has 5 rings (SSSR count). The van der Waals surface area contributed by atoms with E-state index in [0.717, 1.165) is 24.3 Å². The number of nitrogens with zero attached hydrogens (tertiary/aromatic N) is 2. The van der Waals surface area contributed by atoms with E-state index in [1.165, 1.54) is 42.6 Å². The first-order valence-corrected chi connectivity index (χ1v) is 10.7. The van der Waals surface area contributed by atoms with Crippen LogP contribution in [0.25, 0.3) is 28.0 Å². The number of benzene rings is 3. The van der Waals surface area contributed by atoms with Crippen molar-refractivity contribution in [2.75, 3.05) is 5.32 Å². The van der Waals surface area contributed by atoms with Gasteiger partial charge >= 0.3 is 0 Å². The molecule has 1 amide bonds. The van der Waals surface area contributed by atoms with Crippen LogP contribution in [0.4, 0.5) is 27.6 Å². The van der Waals surface area contributed by atoms with Gasteiger partial charge in [0, 0.05) is 28.6 Å². The van der Waals surface area contributed by atoms with Crippen molar-refractivity contribution in [2.45, 2.75) is 6.43 Å². The number of carbonyl (C=O) groups is 1. The van der Waals surface area contributed by atoms with Crippen LogP contribution in [-0.2, 0) is 0 Å². The minimum atomic E-state index is -2.92. The second kappa shape index (κ2) is 9.26. The maximum Gasteiger partial charge on any atom is 0.264 e. The number of alkyl halides is 2. The number of rotatable bonds is 5. The van der Waals surface area contributed by atoms with E-state index < -0.39 is 35.3 Å². The Labute approximate surface area is 201 Å². The summed E-state index contributed by atoms with van der Waals surface area (Å²) in [6.45, 7) is 0. The summed E-state index contributed by atoms with van der Waals surface area (Å²) >= 11 is 0. The molecule has 0 saturated carbocycles. The van der Waals surface area contributed by atoms with Gasteiger partial charge in [-0.1, -0.05) is 24.3 Å². The third-order valence-electron chi connectivity index (χ3n) is 5.71. The van der Waals surface area contributed by atoms with Crippen LogP contribution < -0.4 is 5.32 Å². The highest BCUT2D eigenvalue weighted by Gasteiger charge is 2.21. The molecule has 3 aromatic carbocycles. The van der Waals surface area contributed by atoms with Crippen LogP contribution >= 0.6 is 0 Å². The lowest BCUT2D eigenvalue weighted by atomic mass is 9.98. The Balaban J connectivity index is 1.59. The summed E-state index contributed by atoms with van der Waals surface area (Å²) in [5.74, 6) is -3.20. The zero-order valence-electron chi connectivity index (χ0n) is 18.4. The Hall–Kier alpha value is -4.53. The summed E-state index contributed by atoms with van der Waals surface area (Å²) in [5, 5.41) is 2.50. The number of hydrogen-bond acceptors (Lipinski definition) is 2. The second-order valence-corrected chi connectivity index (χ2v) is 7.92. The number of halogens is 5. The number of imidazole rings is 1. The number of fused-ring (bicyclic) bond motifs is 1. The predicted molar refractivity (Wildman–Crippen MR) is 125 cm³/mol. The van der Waals surface area contributed by atoms with Gasteiger partial charge in [0.05, 0.1) is 17.3 Å². The molecule has 0 saturated heterocycles. The van der Waals surface area contributed by atoms with Gasteiger partial charge in [-0.15, -0.1) is 0 Å². The van der Waals surface area contributed by atoms with Crippen LogP contribution in [0.15, 0.2) is 85.2 Å². The van der Waals surface area contributed by atoms with Crippen LogP contribution in [-0.4, -0.2) is 15.3 Å². The molecule has 0 radical (unpaired) electrons. The van der Waals surface area contributed by atoms with Gasteiger partial charge < -0.3 is 5.32 Å². The normalized spacial score (nSPS) is 11.3. The molecule has 0 unspecified atom stereocenters. The average Bonchev–Trinajstić information content (AvgIpc) is 3.31. The maximum atomic E-state index is 14.4. The summed E-state index contributed by atoms with van der Waals surface area (Å²) < 4.78 is 70.4. The second-order valence-electron chi connectivity index (χ2n) is 7.92. The van der Waals surface area contributed by atoms with E-state index in [1.807, 2.05) is 0 Å². The molecular formula is C27H16F5N3O. The van der Waals surface area contributed by atoms with Crippen molar-refractivity contribution in [1.29, 1.82) is 0 Å². The van der Waals surface area contributed by atoms with Gasteiger partial charge in [-0.2, -0.15) is 0 Å². The summed E-state index contributed by atoms with van der Waals surface area (Å²) in [6, 6.07) is 16.0. The molecule has 9 heteroatoms. The highest BCUT2D eigenvalue weighted by molar-refractivity contribution is 6.06. The summed E-state index contributed by atoms with van der Waals surface area (Å²) in [6.07, 6.45) is 0.150. The molecule has 4 nitrogen and oxygen atoms in total. The average molecular weight is 493 g/mol. The van der Waals surface area contributed by atoms with E-state index in [0.29, 0.717) is 16.6 Å². The molecular weight excluding hydrogens is 477 g/mol. The van der Waals surface area contributed by atoms with Crippen molar-refractivity contribution in [2.24, 2.45) is 0 Å². The number of aromatic nitrogens is 2. The molecule has 2 aromatic heterocycles. The van der Waals surface area contributed by atoms with E-state index in [9.17, 15) is 26.7 Å². The molecule has 0 aliphatic heterocycles. The molecule has 0 aliphatic rings. The largest absolute Gasteiger partial charge is 0.322 e. The first-order chi connectivity index (χ1) is 17.3. The Morgan fingerprint density at radius 2 is 1.64 bits per heavy atom. The highest BCUT2D eigenvalue weighted by atomic mass is 19.3. The van der Waals surface area contributed by atoms with Crippen molar-refractivity contribution >= 4 is 17.1 Å². The minimum absolute atomic E-state index is 0.0421. The third-order valence-corrected chi connectivity index (χ3v) is 5.71. The van der Waals surface area contributed by atoms with E-state index in [-0.39, 0.29) is 22.6 Å². The van der Waals surface area contributed by atoms with E-state index in [2.05, 4.69) is 10.3 Å². The molecule has 0 fully saturated rings. The van der Waals surface area contributed by atoms with E-state index >= 15 is 0 Å². The van der Waals surface area contributed by atoms with Gasteiger partial charge in [-0.25, -0.2) is 26.9 Å². The third kappa shape index (κ3) is 4.19. The molecule has 36 heavy (non-hydrogen) atoms. The van der Waals surface area contributed by atoms with Crippen LogP contribution in [0.3, 0.4) is 0 Å². The van der Waals surface area contributed by atoms with Crippen LogP contribution in [0.5, 0.6) is 0 Å². The lowest BCUT2D eigenvalue weighted by Gasteiger charge is -2.13. The molecule has 0 bridgehead atoms. The van der Waals surface area contributed by atoms with Gasteiger partial charge in [0.25, 0.3) is 12.3 Å². The van der Waals surface area contributed by atoms with Crippen molar-refractivity contribution in [3.63, 3.8) is 0 Å².